The molecular weight excluding hydrogens is 244 g/mol. The van der Waals surface area contributed by atoms with Gasteiger partial charge in [-0.3, -0.25) is 4.90 Å². The maximum absolute atomic E-state index is 8.83. The maximum Gasteiger partial charge on any atom is 0.0716 e. The van der Waals surface area contributed by atoms with Crippen LogP contribution in [0.1, 0.15) is 52.9 Å². The van der Waals surface area contributed by atoms with E-state index < -0.39 is 0 Å². The molecule has 2 heteroatoms. The van der Waals surface area contributed by atoms with Gasteiger partial charge >= 0.3 is 0 Å². The summed E-state index contributed by atoms with van der Waals surface area (Å²) in [7, 11) is 0. The predicted octanol–water partition coefficient (Wildman–Crippen LogP) is 4.18. The molecule has 1 saturated heterocycles. The van der Waals surface area contributed by atoms with E-state index in [1.807, 2.05) is 0 Å². The number of hydrogen-bond donors (Lipinski definition) is 0. The molecule has 1 aliphatic carbocycles. The molecule has 0 aromatic heterocycles. The largest absolute Gasteiger partial charge is 0.354 e. The zero-order valence-electron chi connectivity index (χ0n) is 14.0. The van der Waals surface area contributed by atoms with E-state index in [2.05, 4.69) is 54.8 Å². The number of rotatable bonds is 2. The standard InChI is InChI=1S/C18H28N2/c1-14-9-7-8-12-18(14)20-13-19(15(2)16(20)3)17-10-5-4-6-11-17/h7-9,12,15-17H,4-6,10-11,13H2,1-3H3/t15?,16-/m0/s1/i13D/t13?,15?,16-. The van der Waals surface area contributed by atoms with E-state index in [4.69, 9.17) is 1.37 Å². The van der Waals surface area contributed by atoms with Crippen molar-refractivity contribution in [3.63, 3.8) is 0 Å². The van der Waals surface area contributed by atoms with Gasteiger partial charge in [0.1, 0.15) is 0 Å². The van der Waals surface area contributed by atoms with Gasteiger partial charge in [-0.05, 0) is 45.2 Å². The van der Waals surface area contributed by atoms with Gasteiger partial charge in [-0.1, -0.05) is 37.5 Å². The first-order valence-corrected chi connectivity index (χ1v) is 8.15. The molecule has 0 bridgehead atoms. The van der Waals surface area contributed by atoms with E-state index in [-0.39, 0.29) is 6.64 Å². The second-order valence-corrected chi connectivity index (χ2v) is 6.53. The molecule has 0 amide bonds. The highest BCUT2D eigenvalue weighted by Gasteiger charge is 2.38. The minimum atomic E-state index is -0.237. The molecule has 110 valence electrons. The van der Waals surface area contributed by atoms with Gasteiger partial charge in [0.25, 0.3) is 0 Å². The zero-order valence-corrected chi connectivity index (χ0v) is 13.0. The Balaban J connectivity index is 1.88. The van der Waals surface area contributed by atoms with Crippen LogP contribution in [0.4, 0.5) is 5.69 Å². The summed E-state index contributed by atoms with van der Waals surface area (Å²) in [4.78, 5) is 4.78. The minimum Gasteiger partial charge on any atom is -0.354 e. The Morgan fingerprint density at radius 3 is 2.45 bits per heavy atom. The van der Waals surface area contributed by atoms with E-state index in [1.165, 1.54) is 43.4 Å². The molecule has 2 unspecified atom stereocenters. The van der Waals surface area contributed by atoms with Crippen LogP contribution >= 0.6 is 0 Å². The second kappa shape index (κ2) is 5.77. The summed E-state index contributed by atoms with van der Waals surface area (Å²) in [6, 6.07) is 9.96. The fourth-order valence-corrected chi connectivity index (χ4v) is 3.78. The number of para-hydroxylation sites is 1. The van der Waals surface area contributed by atoms with Crippen LogP contribution in [0.15, 0.2) is 24.3 Å². The molecule has 3 atom stereocenters. The molecule has 20 heavy (non-hydrogen) atoms. The van der Waals surface area contributed by atoms with Crippen molar-refractivity contribution < 1.29 is 1.37 Å². The van der Waals surface area contributed by atoms with Crippen molar-refractivity contribution >= 4 is 5.69 Å². The summed E-state index contributed by atoms with van der Waals surface area (Å²) in [5.41, 5.74) is 2.51. The Labute approximate surface area is 125 Å². The second-order valence-electron chi connectivity index (χ2n) is 6.53. The Hall–Kier alpha value is -1.02. The Morgan fingerprint density at radius 2 is 1.75 bits per heavy atom. The fourth-order valence-electron chi connectivity index (χ4n) is 3.78. The van der Waals surface area contributed by atoms with Gasteiger partial charge in [0.15, 0.2) is 0 Å². The molecule has 2 nitrogen and oxygen atoms in total. The average Bonchev–Trinajstić information content (AvgIpc) is 2.71. The lowest BCUT2D eigenvalue weighted by atomic mass is 9.93. The zero-order chi connectivity index (χ0) is 15.0. The van der Waals surface area contributed by atoms with E-state index in [0.29, 0.717) is 18.1 Å². The highest BCUT2D eigenvalue weighted by Crippen LogP contribution is 2.34. The molecule has 1 aromatic rings. The normalized spacial score (nSPS) is 33.5. The van der Waals surface area contributed by atoms with Crippen LogP contribution in [-0.4, -0.2) is 29.7 Å². The van der Waals surface area contributed by atoms with Crippen molar-refractivity contribution in [1.82, 2.24) is 4.90 Å². The quantitative estimate of drug-likeness (QED) is 0.797. The molecule has 1 aliphatic heterocycles. The van der Waals surface area contributed by atoms with E-state index in [1.54, 1.807) is 0 Å². The fraction of sp³-hybridized carbons (Fsp3) is 0.667. The molecule has 0 radical (unpaired) electrons. The monoisotopic (exact) mass is 273 g/mol. The Kier molecular flexibility index (Phi) is 3.66. The van der Waals surface area contributed by atoms with E-state index in [0.717, 1.165) is 0 Å². The third-order valence-electron chi connectivity index (χ3n) is 5.25. The molecule has 1 heterocycles. The molecule has 2 aliphatic rings. The van der Waals surface area contributed by atoms with Crippen LogP contribution in [0.5, 0.6) is 0 Å². The van der Waals surface area contributed by atoms with Gasteiger partial charge in [0.05, 0.1) is 8.02 Å². The van der Waals surface area contributed by atoms with Gasteiger partial charge in [-0.2, -0.15) is 0 Å². The first kappa shape index (κ1) is 12.7. The summed E-state index contributed by atoms with van der Waals surface area (Å²) in [5.74, 6) is 0. The highest BCUT2D eigenvalue weighted by atomic mass is 15.4. The van der Waals surface area contributed by atoms with Crippen molar-refractivity contribution in [3.05, 3.63) is 29.8 Å². The van der Waals surface area contributed by atoms with Crippen LogP contribution in [0.2, 0.25) is 0 Å². The Bertz CT molecular complexity index is 484. The summed E-state index contributed by atoms with van der Waals surface area (Å²) >= 11 is 0. The van der Waals surface area contributed by atoms with Gasteiger partial charge in [0.2, 0.25) is 0 Å². The number of hydrogen-bond acceptors (Lipinski definition) is 2. The summed E-state index contributed by atoms with van der Waals surface area (Å²) in [6.45, 7) is 6.50. The molecule has 3 rings (SSSR count). The van der Waals surface area contributed by atoms with Crippen LogP contribution in [0, 0.1) is 6.92 Å². The highest BCUT2D eigenvalue weighted by molar-refractivity contribution is 5.54. The first-order chi connectivity index (χ1) is 10.1. The first-order valence-electron chi connectivity index (χ1n) is 8.72. The summed E-state index contributed by atoms with van der Waals surface area (Å²) < 4.78 is 8.83. The number of benzene rings is 1. The van der Waals surface area contributed by atoms with Crippen molar-refractivity contribution in [1.29, 1.82) is 0 Å². The van der Waals surface area contributed by atoms with E-state index >= 15 is 0 Å². The van der Waals surface area contributed by atoms with Crippen LogP contribution in [0.3, 0.4) is 0 Å². The molecule has 1 saturated carbocycles. The summed E-state index contributed by atoms with van der Waals surface area (Å²) in [5, 5.41) is 0. The molecule has 0 N–H and O–H groups in total. The van der Waals surface area contributed by atoms with Crippen LogP contribution in [-0.2, 0) is 0 Å². The smallest absolute Gasteiger partial charge is 0.0716 e. The van der Waals surface area contributed by atoms with Crippen LogP contribution in [0.25, 0.3) is 0 Å². The lowest BCUT2D eigenvalue weighted by Gasteiger charge is -2.33. The SMILES string of the molecule is [2H]C1N(C2CCCCC2)C(C)[C@H](C)N1c1ccccc1C. The average molecular weight is 273 g/mol. The third kappa shape index (κ3) is 2.46. The van der Waals surface area contributed by atoms with Crippen molar-refractivity contribution in [2.45, 2.75) is 71.0 Å². The number of aryl methyl sites for hydroxylation is 1. The van der Waals surface area contributed by atoms with Gasteiger partial charge in [-0.15, -0.1) is 0 Å². The van der Waals surface area contributed by atoms with E-state index in [9.17, 15) is 0 Å². The van der Waals surface area contributed by atoms with Crippen molar-refractivity contribution in [3.8, 4) is 0 Å². The summed E-state index contributed by atoms with van der Waals surface area (Å²) in [6.07, 6.45) is 6.58. The van der Waals surface area contributed by atoms with Crippen LogP contribution < -0.4 is 4.90 Å². The Morgan fingerprint density at radius 1 is 1.05 bits per heavy atom. The molecule has 0 spiro atoms. The van der Waals surface area contributed by atoms with Gasteiger partial charge in [0, 0.05) is 23.8 Å². The van der Waals surface area contributed by atoms with Gasteiger partial charge < -0.3 is 4.90 Å². The molecule has 2 fully saturated rings. The third-order valence-corrected chi connectivity index (χ3v) is 5.25. The minimum absolute atomic E-state index is 0.237. The van der Waals surface area contributed by atoms with Crippen molar-refractivity contribution in [2.75, 3.05) is 11.5 Å². The van der Waals surface area contributed by atoms with Gasteiger partial charge in [-0.25, -0.2) is 0 Å². The molecular formula is C18H28N2. The molecule has 1 aromatic carbocycles. The topological polar surface area (TPSA) is 6.48 Å². The number of anilines is 1. The lowest BCUT2D eigenvalue weighted by Crippen LogP contribution is -2.41. The number of nitrogens with zero attached hydrogens (tertiary/aromatic N) is 2. The maximum atomic E-state index is 8.83. The van der Waals surface area contributed by atoms with Crippen molar-refractivity contribution in [2.24, 2.45) is 0 Å². The predicted molar refractivity (Wildman–Crippen MR) is 86.2 cm³/mol. The lowest BCUT2D eigenvalue weighted by molar-refractivity contribution is 0.147.